The fraction of sp³-hybridized carbons (Fsp3) is 0.133. The zero-order valence-corrected chi connectivity index (χ0v) is 11.5. The van der Waals surface area contributed by atoms with Crippen LogP contribution in [-0.4, -0.2) is 12.6 Å². The van der Waals surface area contributed by atoms with Gasteiger partial charge in [-0.15, -0.1) is 10.2 Å². The Hall–Kier alpha value is -2.89. The minimum absolute atomic E-state index is 0.518. The fourth-order valence-corrected chi connectivity index (χ4v) is 1.52. The Labute approximate surface area is 122 Å². The Bertz CT molecular complexity index is 654. The number of amides is 2. The molecular formula is C15H14N4O2. The highest BCUT2D eigenvalue weighted by Crippen LogP contribution is 2.20. The SMILES string of the molecule is CCOc1cccc(N=NC(=O)N=Nc2ccccc2)c1. The summed E-state index contributed by atoms with van der Waals surface area (Å²) in [5.41, 5.74) is 1.10. The molecule has 0 fully saturated rings. The molecule has 0 N–H and O–H groups in total. The van der Waals surface area contributed by atoms with Gasteiger partial charge in [0.2, 0.25) is 0 Å². The summed E-state index contributed by atoms with van der Waals surface area (Å²) < 4.78 is 5.33. The number of azo groups is 2. The summed E-state index contributed by atoms with van der Waals surface area (Å²) in [6.07, 6.45) is 0. The van der Waals surface area contributed by atoms with Crippen molar-refractivity contribution in [3.8, 4) is 5.75 Å². The largest absolute Gasteiger partial charge is 0.494 e. The first-order chi connectivity index (χ1) is 10.3. The second kappa shape index (κ2) is 7.64. The van der Waals surface area contributed by atoms with E-state index >= 15 is 0 Å². The van der Waals surface area contributed by atoms with Gasteiger partial charge in [0.25, 0.3) is 0 Å². The number of ether oxygens (including phenoxy) is 1. The van der Waals surface area contributed by atoms with Crippen molar-refractivity contribution >= 4 is 17.4 Å². The van der Waals surface area contributed by atoms with Crippen LogP contribution in [0.1, 0.15) is 6.92 Å². The van der Waals surface area contributed by atoms with E-state index in [0.29, 0.717) is 23.7 Å². The molecule has 0 saturated carbocycles. The van der Waals surface area contributed by atoms with E-state index in [1.165, 1.54) is 0 Å². The summed E-state index contributed by atoms with van der Waals surface area (Å²) in [6.45, 7) is 2.45. The van der Waals surface area contributed by atoms with Gasteiger partial charge in [-0.05, 0) is 31.2 Å². The molecule has 0 radical (unpaired) electrons. The average Bonchev–Trinajstić information content (AvgIpc) is 2.53. The van der Waals surface area contributed by atoms with Crippen LogP contribution < -0.4 is 4.74 Å². The molecule has 2 aromatic rings. The third-order valence-electron chi connectivity index (χ3n) is 2.39. The van der Waals surface area contributed by atoms with Crippen LogP contribution in [0.3, 0.4) is 0 Å². The molecule has 0 heterocycles. The first-order valence-electron chi connectivity index (χ1n) is 6.43. The minimum atomic E-state index is -0.763. The predicted molar refractivity (Wildman–Crippen MR) is 78.5 cm³/mol. The van der Waals surface area contributed by atoms with Crippen molar-refractivity contribution in [1.29, 1.82) is 0 Å². The van der Waals surface area contributed by atoms with Gasteiger partial charge in [-0.2, -0.15) is 0 Å². The molecule has 0 spiro atoms. The molecule has 2 rings (SSSR count). The molecule has 0 saturated heterocycles. The van der Waals surface area contributed by atoms with Crippen LogP contribution in [0.25, 0.3) is 0 Å². The van der Waals surface area contributed by atoms with Gasteiger partial charge in [0.15, 0.2) is 0 Å². The Morgan fingerprint density at radius 1 is 0.952 bits per heavy atom. The molecule has 0 unspecified atom stereocenters. The van der Waals surface area contributed by atoms with Gasteiger partial charge in [-0.3, -0.25) is 0 Å². The van der Waals surface area contributed by atoms with Gasteiger partial charge in [-0.1, -0.05) is 34.5 Å². The second-order valence-electron chi connectivity index (χ2n) is 3.95. The van der Waals surface area contributed by atoms with E-state index in [4.69, 9.17) is 4.74 Å². The Balaban J connectivity index is 1.99. The van der Waals surface area contributed by atoms with Crippen LogP contribution in [0.5, 0.6) is 5.75 Å². The monoisotopic (exact) mass is 282 g/mol. The summed E-state index contributed by atoms with van der Waals surface area (Å²) in [7, 11) is 0. The summed E-state index contributed by atoms with van der Waals surface area (Å²) in [4.78, 5) is 11.4. The number of carbonyl (C=O) groups excluding carboxylic acids is 1. The number of hydrogen-bond acceptors (Lipinski definition) is 4. The maximum Gasteiger partial charge on any atom is 0.404 e. The van der Waals surface area contributed by atoms with Crippen molar-refractivity contribution in [3.63, 3.8) is 0 Å². The Morgan fingerprint density at radius 2 is 1.62 bits per heavy atom. The maximum atomic E-state index is 11.4. The molecule has 21 heavy (non-hydrogen) atoms. The second-order valence-corrected chi connectivity index (χ2v) is 3.95. The molecule has 106 valence electrons. The summed E-state index contributed by atoms with van der Waals surface area (Å²) >= 11 is 0. The van der Waals surface area contributed by atoms with E-state index in [9.17, 15) is 4.79 Å². The molecule has 2 aromatic carbocycles. The van der Waals surface area contributed by atoms with Gasteiger partial charge in [0, 0.05) is 6.07 Å². The quantitative estimate of drug-likeness (QED) is 0.734. The number of rotatable bonds is 4. The standard InChI is InChI=1S/C15H14N4O2/c1-2-21-14-10-6-9-13(11-14)17-19-15(20)18-16-12-7-4-3-5-8-12/h3-11H,2H2,1H3. The van der Waals surface area contributed by atoms with Crippen LogP contribution >= 0.6 is 0 Å². The smallest absolute Gasteiger partial charge is 0.404 e. The molecule has 0 aliphatic carbocycles. The van der Waals surface area contributed by atoms with E-state index in [-0.39, 0.29) is 0 Å². The van der Waals surface area contributed by atoms with Crippen molar-refractivity contribution in [1.82, 2.24) is 0 Å². The van der Waals surface area contributed by atoms with Crippen molar-refractivity contribution in [2.45, 2.75) is 6.92 Å². The fourth-order valence-electron chi connectivity index (χ4n) is 1.52. The van der Waals surface area contributed by atoms with E-state index in [0.717, 1.165) is 0 Å². The molecule has 0 atom stereocenters. The highest BCUT2D eigenvalue weighted by molar-refractivity contribution is 5.75. The zero-order chi connectivity index (χ0) is 14.9. The number of nitrogens with zero attached hydrogens (tertiary/aromatic N) is 4. The zero-order valence-electron chi connectivity index (χ0n) is 11.5. The first kappa shape index (κ1) is 14.5. The van der Waals surface area contributed by atoms with Crippen LogP contribution in [0.15, 0.2) is 75.1 Å². The van der Waals surface area contributed by atoms with Crippen molar-refractivity contribution in [3.05, 3.63) is 54.6 Å². The van der Waals surface area contributed by atoms with Gasteiger partial charge in [0.05, 0.1) is 18.0 Å². The van der Waals surface area contributed by atoms with E-state index in [1.807, 2.05) is 13.0 Å². The number of carbonyl (C=O) groups is 1. The van der Waals surface area contributed by atoms with Crippen molar-refractivity contribution in [2.75, 3.05) is 6.61 Å². The molecule has 0 aromatic heterocycles. The molecule has 0 aliphatic heterocycles. The van der Waals surface area contributed by atoms with Gasteiger partial charge in [-0.25, -0.2) is 4.79 Å². The normalized spacial score (nSPS) is 11.1. The van der Waals surface area contributed by atoms with E-state index in [2.05, 4.69) is 20.5 Å². The topological polar surface area (TPSA) is 75.7 Å². The molecule has 0 bridgehead atoms. The molecule has 6 heteroatoms. The Morgan fingerprint density at radius 3 is 2.33 bits per heavy atom. The van der Waals surface area contributed by atoms with Gasteiger partial charge >= 0.3 is 6.03 Å². The van der Waals surface area contributed by atoms with E-state index in [1.54, 1.807) is 48.5 Å². The number of hydrogen-bond donors (Lipinski definition) is 0. The number of benzene rings is 2. The lowest BCUT2D eigenvalue weighted by Crippen LogP contribution is -1.89. The first-order valence-corrected chi connectivity index (χ1v) is 6.43. The van der Waals surface area contributed by atoms with Crippen molar-refractivity contribution < 1.29 is 9.53 Å². The highest BCUT2D eigenvalue weighted by atomic mass is 16.5. The summed E-state index contributed by atoms with van der Waals surface area (Å²) in [5.74, 6) is 0.673. The van der Waals surface area contributed by atoms with Crippen LogP contribution in [-0.2, 0) is 0 Å². The lowest BCUT2D eigenvalue weighted by Gasteiger charge is -2.01. The minimum Gasteiger partial charge on any atom is -0.494 e. The van der Waals surface area contributed by atoms with Crippen LogP contribution in [0.2, 0.25) is 0 Å². The summed E-state index contributed by atoms with van der Waals surface area (Å²) in [5, 5.41) is 14.5. The maximum absolute atomic E-state index is 11.4. The lowest BCUT2D eigenvalue weighted by molar-refractivity contribution is 0.254. The predicted octanol–water partition coefficient (Wildman–Crippen LogP) is 5.07. The van der Waals surface area contributed by atoms with Gasteiger partial charge < -0.3 is 4.74 Å². The molecule has 0 aliphatic rings. The lowest BCUT2D eigenvalue weighted by atomic mass is 10.3. The molecule has 2 amide bonds. The van der Waals surface area contributed by atoms with Gasteiger partial charge in [0.1, 0.15) is 5.75 Å². The summed E-state index contributed by atoms with van der Waals surface area (Å²) in [6, 6.07) is 15.2. The van der Waals surface area contributed by atoms with Crippen LogP contribution in [0, 0.1) is 0 Å². The third-order valence-corrected chi connectivity index (χ3v) is 2.39. The number of urea groups is 1. The van der Waals surface area contributed by atoms with E-state index < -0.39 is 6.03 Å². The molecule has 6 nitrogen and oxygen atoms in total. The third kappa shape index (κ3) is 4.94. The molecular weight excluding hydrogens is 268 g/mol. The Kier molecular flexibility index (Phi) is 5.28. The highest BCUT2D eigenvalue weighted by Gasteiger charge is 1.98. The van der Waals surface area contributed by atoms with Crippen LogP contribution in [0.4, 0.5) is 16.2 Å². The average molecular weight is 282 g/mol. The van der Waals surface area contributed by atoms with Crippen molar-refractivity contribution in [2.24, 2.45) is 20.5 Å².